The fourth-order valence-corrected chi connectivity index (χ4v) is 4.58. The molecule has 168 valence electrons. The highest BCUT2D eigenvalue weighted by Gasteiger charge is 2.41. The maximum absolute atomic E-state index is 12.9. The molecule has 0 saturated carbocycles. The summed E-state index contributed by atoms with van der Waals surface area (Å²) in [6.07, 6.45) is 0.171. The van der Waals surface area contributed by atoms with Crippen LogP contribution in [0.15, 0.2) is 48.5 Å². The summed E-state index contributed by atoms with van der Waals surface area (Å²) >= 11 is 0. The Morgan fingerprint density at radius 1 is 1.06 bits per heavy atom. The average molecular weight is 437 g/mol. The zero-order chi connectivity index (χ0) is 22.8. The molecule has 0 bridgehead atoms. The largest absolute Gasteiger partial charge is 0.480 e. The highest BCUT2D eigenvalue weighted by Crippen LogP contribution is 2.44. The number of likely N-dealkylation sites (tertiary alicyclic amines) is 1. The number of carboxylic acids is 1. The highest BCUT2D eigenvalue weighted by atomic mass is 16.5. The van der Waals surface area contributed by atoms with E-state index in [9.17, 15) is 19.5 Å². The van der Waals surface area contributed by atoms with Crippen molar-refractivity contribution in [3.8, 4) is 11.1 Å². The van der Waals surface area contributed by atoms with Crippen LogP contribution in [0.2, 0.25) is 0 Å². The summed E-state index contributed by atoms with van der Waals surface area (Å²) in [6, 6.07) is 14.5. The minimum absolute atomic E-state index is 0.0702. The zero-order valence-corrected chi connectivity index (χ0v) is 18.3. The lowest BCUT2D eigenvalue weighted by atomic mass is 9.97. The second kappa shape index (κ2) is 9.02. The van der Waals surface area contributed by atoms with Gasteiger partial charge in [0.2, 0.25) is 5.91 Å². The number of nitrogens with one attached hydrogen (secondary N) is 1. The molecule has 2 aromatic carbocycles. The third-order valence-corrected chi connectivity index (χ3v) is 6.23. The standard InChI is InChI=1S/C25H28N2O5/c1-15(2)13-21(23(28)27-12-11-22(27)24(29)30)26-25(31)32-14-20-18-9-5-3-7-16(18)17-8-4-6-10-19(17)20/h3-10,15,20-22H,11-14H2,1-2H3,(H,26,31)(H,29,30)/t21-,22?/m0/s1. The Morgan fingerprint density at radius 3 is 2.16 bits per heavy atom. The molecule has 1 fully saturated rings. The molecule has 7 nitrogen and oxygen atoms in total. The summed E-state index contributed by atoms with van der Waals surface area (Å²) in [5, 5.41) is 11.9. The molecule has 1 unspecified atom stereocenters. The molecule has 4 rings (SSSR count). The van der Waals surface area contributed by atoms with E-state index in [1.54, 1.807) is 0 Å². The molecular formula is C25H28N2O5. The van der Waals surface area contributed by atoms with Crippen LogP contribution in [0.5, 0.6) is 0 Å². The van der Waals surface area contributed by atoms with Gasteiger partial charge < -0.3 is 20.1 Å². The van der Waals surface area contributed by atoms with E-state index in [1.807, 2.05) is 50.2 Å². The van der Waals surface area contributed by atoms with Gasteiger partial charge in [-0.05, 0) is 41.0 Å². The zero-order valence-electron chi connectivity index (χ0n) is 18.3. The molecule has 1 heterocycles. The van der Waals surface area contributed by atoms with Gasteiger partial charge in [0, 0.05) is 12.5 Å². The van der Waals surface area contributed by atoms with Gasteiger partial charge in [-0.25, -0.2) is 9.59 Å². The normalized spacial score (nSPS) is 17.8. The molecule has 0 radical (unpaired) electrons. The highest BCUT2D eigenvalue weighted by molar-refractivity contribution is 5.90. The number of carbonyl (C=O) groups excluding carboxylic acids is 2. The number of amides is 2. The number of hydrogen-bond acceptors (Lipinski definition) is 4. The Morgan fingerprint density at radius 2 is 1.66 bits per heavy atom. The van der Waals surface area contributed by atoms with Crippen LogP contribution in [0.25, 0.3) is 11.1 Å². The second-order valence-electron chi connectivity index (χ2n) is 8.83. The van der Waals surface area contributed by atoms with Gasteiger partial charge >= 0.3 is 12.1 Å². The first-order chi connectivity index (χ1) is 15.4. The van der Waals surface area contributed by atoms with Crippen LogP contribution < -0.4 is 5.32 Å². The van der Waals surface area contributed by atoms with Crippen molar-refractivity contribution >= 4 is 18.0 Å². The second-order valence-corrected chi connectivity index (χ2v) is 8.83. The number of rotatable bonds is 7. The molecule has 0 spiro atoms. The van der Waals surface area contributed by atoms with Crippen LogP contribution >= 0.6 is 0 Å². The van der Waals surface area contributed by atoms with Gasteiger partial charge in [0.05, 0.1) is 0 Å². The minimum atomic E-state index is -1.02. The van der Waals surface area contributed by atoms with E-state index in [-0.39, 0.29) is 24.3 Å². The summed E-state index contributed by atoms with van der Waals surface area (Å²) in [7, 11) is 0. The van der Waals surface area contributed by atoms with Crippen molar-refractivity contribution < 1.29 is 24.2 Å². The van der Waals surface area contributed by atoms with Crippen LogP contribution in [0.3, 0.4) is 0 Å². The smallest absolute Gasteiger partial charge is 0.407 e. The van der Waals surface area contributed by atoms with Crippen molar-refractivity contribution in [1.82, 2.24) is 10.2 Å². The molecular weight excluding hydrogens is 408 g/mol. The first-order valence-electron chi connectivity index (χ1n) is 11.0. The quantitative estimate of drug-likeness (QED) is 0.691. The van der Waals surface area contributed by atoms with Crippen LogP contribution in [0.4, 0.5) is 4.79 Å². The van der Waals surface area contributed by atoms with Crippen molar-refractivity contribution in [1.29, 1.82) is 0 Å². The average Bonchev–Trinajstić information content (AvgIpc) is 3.04. The van der Waals surface area contributed by atoms with E-state index >= 15 is 0 Å². The van der Waals surface area contributed by atoms with Gasteiger partial charge in [-0.15, -0.1) is 0 Å². The first-order valence-corrected chi connectivity index (χ1v) is 11.0. The van der Waals surface area contributed by atoms with Crippen molar-refractivity contribution in [2.75, 3.05) is 13.2 Å². The van der Waals surface area contributed by atoms with E-state index in [4.69, 9.17) is 4.74 Å². The fourth-order valence-electron chi connectivity index (χ4n) is 4.58. The number of benzene rings is 2. The molecule has 2 aliphatic rings. The van der Waals surface area contributed by atoms with Gasteiger partial charge in [-0.2, -0.15) is 0 Å². The predicted molar refractivity (Wildman–Crippen MR) is 119 cm³/mol. The van der Waals surface area contributed by atoms with Gasteiger partial charge in [0.1, 0.15) is 18.7 Å². The number of carbonyl (C=O) groups is 3. The Labute approximate surface area is 187 Å². The monoisotopic (exact) mass is 436 g/mol. The van der Waals surface area contributed by atoms with Crippen LogP contribution in [-0.2, 0) is 14.3 Å². The summed E-state index contributed by atoms with van der Waals surface area (Å²) < 4.78 is 5.57. The van der Waals surface area contributed by atoms with E-state index in [0.717, 1.165) is 22.3 Å². The lowest BCUT2D eigenvalue weighted by molar-refractivity contribution is -0.158. The predicted octanol–water partition coefficient (Wildman–Crippen LogP) is 3.63. The van der Waals surface area contributed by atoms with E-state index in [0.29, 0.717) is 19.4 Å². The molecule has 32 heavy (non-hydrogen) atoms. The van der Waals surface area contributed by atoms with Crippen LogP contribution in [-0.4, -0.2) is 53.2 Å². The molecule has 1 saturated heterocycles. The van der Waals surface area contributed by atoms with E-state index in [1.165, 1.54) is 4.90 Å². The third-order valence-electron chi connectivity index (χ3n) is 6.23. The molecule has 1 aliphatic heterocycles. The molecule has 2 N–H and O–H groups in total. The third kappa shape index (κ3) is 4.20. The number of hydrogen-bond donors (Lipinski definition) is 2. The van der Waals surface area contributed by atoms with E-state index < -0.39 is 24.1 Å². The summed E-state index contributed by atoms with van der Waals surface area (Å²) in [5.41, 5.74) is 4.51. The summed E-state index contributed by atoms with van der Waals surface area (Å²) in [4.78, 5) is 38.2. The first kappa shape index (κ1) is 21.9. The Bertz CT molecular complexity index is 989. The van der Waals surface area contributed by atoms with Crippen molar-refractivity contribution in [2.45, 2.75) is 44.7 Å². The summed E-state index contributed by atoms with van der Waals surface area (Å²) in [6.45, 7) is 4.44. The maximum Gasteiger partial charge on any atom is 0.407 e. The maximum atomic E-state index is 12.9. The van der Waals surface area contributed by atoms with Gasteiger partial charge in [0.25, 0.3) is 0 Å². The van der Waals surface area contributed by atoms with Crippen molar-refractivity contribution in [3.05, 3.63) is 59.7 Å². The minimum Gasteiger partial charge on any atom is -0.480 e. The molecule has 0 aromatic heterocycles. The number of ether oxygens (including phenoxy) is 1. The topological polar surface area (TPSA) is 95.9 Å². The number of carboxylic acid groups (broad SMARTS) is 1. The molecule has 7 heteroatoms. The Kier molecular flexibility index (Phi) is 6.17. The van der Waals surface area contributed by atoms with Crippen molar-refractivity contribution in [2.24, 2.45) is 5.92 Å². The van der Waals surface area contributed by atoms with Gasteiger partial charge in [0.15, 0.2) is 0 Å². The number of fused-ring (bicyclic) bond motifs is 3. The fraction of sp³-hybridized carbons (Fsp3) is 0.400. The molecule has 2 aromatic rings. The lowest BCUT2D eigenvalue weighted by Gasteiger charge is -2.40. The van der Waals surface area contributed by atoms with Crippen LogP contribution in [0.1, 0.15) is 43.7 Å². The van der Waals surface area contributed by atoms with Gasteiger partial charge in [-0.3, -0.25) is 4.79 Å². The molecule has 2 atom stereocenters. The van der Waals surface area contributed by atoms with Crippen molar-refractivity contribution in [3.63, 3.8) is 0 Å². The molecule has 2 amide bonds. The number of nitrogens with zero attached hydrogens (tertiary/aromatic N) is 1. The van der Waals surface area contributed by atoms with E-state index in [2.05, 4.69) is 17.4 Å². The molecule has 1 aliphatic carbocycles. The summed E-state index contributed by atoms with van der Waals surface area (Å²) in [5.74, 6) is -1.32. The lowest BCUT2D eigenvalue weighted by Crippen LogP contribution is -2.60. The van der Waals surface area contributed by atoms with Gasteiger partial charge in [-0.1, -0.05) is 62.4 Å². The van der Waals surface area contributed by atoms with Crippen LogP contribution in [0, 0.1) is 5.92 Å². The number of alkyl carbamates (subject to hydrolysis) is 1. The Balaban J connectivity index is 1.43. The Hall–Kier alpha value is -3.35. The number of aliphatic carboxylic acids is 1. The SMILES string of the molecule is CC(C)C[C@H](NC(=O)OCC1c2ccccc2-c2ccccc21)C(=O)N1CCC1C(=O)O.